The first-order valence-electron chi connectivity index (χ1n) is 9.15. The molecule has 5 heteroatoms. The summed E-state index contributed by atoms with van der Waals surface area (Å²) >= 11 is 1.71. The molecule has 0 unspecified atom stereocenters. The SMILES string of the molecule is CSc1cccc(CC(=O)N(Cc2ccncc2)C2CCN(C)CC2)c1. The topological polar surface area (TPSA) is 36.4 Å². The van der Waals surface area contributed by atoms with Crippen LogP contribution in [0.2, 0.25) is 0 Å². The molecule has 0 N–H and O–H groups in total. The van der Waals surface area contributed by atoms with Crippen LogP contribution in [0.1, 0.15) is 24.0 Å². The molecule has 0 saturated carbocycles. The Morgan fingerprint density at radius 3 is 2.62 bits per heavy atom. The van der Waals surface area contributed by atoms with Crippen molar-refractivity contribution in [2.45, 2.75) is 36.7 Å². The Kier molecular flexibility index (Phi) is 6.69. The van der Waals surface area contributed by atoms with Crippen LogP contribution in [0.25, 0.3) is 0 Å². The molecule has 3 rings (SSSR count). The molecule has 1 fully saturated rings. The minimum absolute atomic E-state index is 0.217. The van der Waals surface area contributed by atoms with Gasteiger partial charge in [-0.2, -0.15) is 0 Å². The zero-order chi connectivity index (χ0) is 18.4. The number of hydrogen-bond acceptors (Lipinski definition) is 4. The number of pyridine rings is 1. The molecule has 0 radical (unpaired) electrons. The van der Waals surface area contributed by atoms with Gasteiger partial charge in [-0.3, -0.25) is 9.78 Å². The van der Waals surface area contributed by atoms with Crippen LogP contribution in [0.15, 0.2) is 53.7 Å². The number of piperidine rings is 1. The molecule has 1 aromatic heterocycles. The summed E-state index contributed by atoms with van der Waals surface area (Å²) in [6.07, 6.45) is 8.21. The lowest BCUT2D eigenvalue weighted by Gasteiger charge is -2.37. The van der Waals surface area contributed by atoms with E-state index >= 15 is 0 Å². The van der Waals surface area contributed by atoms with Crippen LogP contribution < -0.4 is 0 Å². The fraction of sp³-hybridized carbons (Fsp3) is 0.429. The van der Waals surface area contributed by atoms with Crippen molar-refractivity contribution in [1.82, 2.24) is 14.8 Å². The third kappa shape index (κ3) is 5.08. The molecule has 138 valence electrons. The van der Waals surface area contributed by atoms with Crippen LogP contribution in [0.4, 0.5) is 0 Å². The number of rotatable bonds is 6. The highest BCUT2D eigenvalue weighted by atomic mass is 32.2. The number of benzene rings is 1. The summed E-state index contributed by atoms with van der Waals surface area (Å²) in [5, 5.41) is 0. The quantitative estimate of drug-likeness (QED) is 0.731. The molecular weight excluding hydrogens is 342 g/mol. The summed E-state index contributed by atoms with van der Waals surface area (Å²) in [7, 11) is 2.15. The van der Waals surface area contributed by atoms with Gasteiger partial charge in [0, 0.05) is 29.9 Å². The molecule has 0 spiro atoms. The zero-order valence-corrected chi connectivity index (χ0v) is 16.4. The van der Waals surface area contributed by atoms with Gasteiger partial charge in [0.15, 0.2) is 0 Å². The molecule has 4 nitrogen and oxygen atoms in total. The Hall–Kier alpha value is -1.85. The first-order valence-corrected chi connectivity index (χ1v) is 10.4. The van der Waals surface area contributed by atoms with Gasteiger partial charge in [-0.15, -0.1) is 11.8 Å². The van der Waals surface area contributed by atoms with E-state index in [0.29, 0.717) is 19.0 Å². The lowest BCUT2D eigenvalue weighted by Crippen LogP contribution is -2.46. The summed E-state index contributed by atoms with van der Waals surface area (Å²) in [4.78, 5) is 22.9. The Morgan fingerprint density at radius 1 is 1.19 bits per heavy atom. The predicted octanol–water partition coefficient (Wildman–Crippen LogP) is 3.47. The first kappa shape index (κ1) is 18.9. The maximum atomic E-state index is 13.2. The van der Waals surface area contributed by atoms with Gasteiger partial charge < -0.3 is 9.80 Å². The van der Waals surface area contributed by atoms with E-state index in [0.717, 1.165) is 37.1 Å². The van der Waals surface area contributed by atoms with Gasteiger partial charge in [0.2, 0.25) is 5.91 Å². The van der Waals surface area contributed by atoms with E-state index in [1.807, 2.05) is 18.2 Å². The van der Waals surface area contributed by atoms with E-state index in [-0.39, 0.29) is 5.91 Å². The molecule has 1 aromatic carbocycles. The fourth-order valence-electron chi connectivity index (χ4n) is 3.47. The van der Waals surface area contributed by atoms with Crippen molar-refractivity contribution >= 4 is 17.7 Å². The minimum Gasteiger partial charge on any atom is -0.335 e. The van der Waals surface area contributed by atoms with Gasteiger partial charge in [-0.1, -0.05) is 12.1 Å². The van der Waals surface area contributed by atoms with Crippen LogP contribution in [0.3, 0.4) is 0 Å². The van der Waals surface area contributed by atoms with Crippen molar-refractivity contribution in [3.05, 3.63) is 59.9 Å². The highest BCUT2D eigenvalue weighted by molar-refractivity contribution is 7.98. The third-order valence-corrected chi connectivity index (χ3v) is 5.77. The summed E-state index contributed by atoms with van der Waals surface area (Å²) in [5.74, 6) is 0.217. The van der Waals surface area contributed by atoms with Crippen molar-refractivity contribution in [3.63, 3.8) is 0 Å². The summed E-state index contributed by atoms with van der Waals surface area (Å²) in [6, 6.07) is 12.6. The number of amides is 1. The molecular formula is C21H27N3OS. The number of likely N-dealkylation sites (tertiary alicyclic amines) is 1. The number of thioether (sulfide) groups is 1. The standard InChI is InChI=1S/C21H27N3OS/c1-23-12-8-19(9-13-23)24(16-17-6-10-22-11-7-17)21(25)15-18-4-3-5-20(14-18)26-2/h3-7,10-11,14,19H,8-9,12-13,15-16H2,1-2H3. The minimum atomic E-state index is 0.217. The van der Waals surface area contributed by atoms with Gasteiger partial charge in [-0.25, -0.2) is 0 Å². The van der Waals surface area contributed by atoms with E-state index in [4.69, 9.17) is 0 Å². The van der Waals surface area contributed by atoms with Gasteiger partial charge in [0.25, 0.3) is 0 Å². The Labute approximate surface area is 160 Å². The van der Waals surface area contributed by atoms with Crippen LogP contribution >= 0.6 is 11.8 Å². The number of carbonyl (C=O) groups excluding carboxylic acids is 1. The van der Waals surface area contributed by atoms with Gasteiger partial charge in [0.1, 0.15) is 0 Å². The number of hydrogen-bond donors (Lipinski definition) is 0. The summed E-state index contributed by atoms with van der Waals surface area (Å²) < 4.78 is 0. The summed E-state index contributed by atoms with van der Waals surface area (Å²) in [6.45, 7) is 2.76. The molecule has 0 atom stereocenters. The zero-order valence-electron chi connectivity index (χ0n) is 15.6. The van der Waals surface area contributed by atoms with Crippen LogP contribution in [-0.4, -0.2) is 53.1 Å². The molecule has 26 heavy (non-hydrogen) atoms. The van der Waals surface area contributed by atoms with E-state index < -0.39 is 0 Å². The lowest BCUT2D eigenvalue weighted by molar-refractivity contribution is -0.134. The average molecular weight is 370 g/mol. The predicted molar refractivity (Wildman–Crippen MR) is 107 cm³/mol. The monoisotopic (exact) mass is 369 g/mol. The second-order valence-corrected chi connectivity index (χ2v) is 7.82. The van der Waals surface area contributed by atoms with E-state index in [1.54, 1.807) is 24.2 Å². The van der Waals surface area contributed by atoms with Crippen LogP contribution in [-0.2, 0) is 17.8 Å². The second kappa shape index (κ2) is 9.19. The molecule has 1 aliphatic heterocycles. The largest absolute Gasteiger partial charge is 0.335 e. The first-order chi connectivity index (χ1) is 12.7. The Bertz CT molecular complexity index is 714. The number of aromatic nitrogens is 1. The molecule has 1 amide bonds. The number of carbonyl (C=O) groups is 1. The molecule has 1 saturated heterocycles. The second-order valence-electron chi connectivity index (χ2n) is 6.94. The van der Waals surface area contributed by atoms with E-state index in [9.17, 15) is 4.79 Å². The van der Waals surface area contributed by atoms with E-state index in [1.165, 1.54) is 4.90 Å². The highest BCUT2D eigenvalue weighted by Crippen LogP contribution is 2.21. The highest BCUT2D eigenvalue weighted by Gasteiger charge is 2.27. The normalized spacial score (nSPS) is 15.8. The molecule has 1 aliphatic rings. The Balaban J connectivity index is 1.75. The van der Waals surface area contributed by atoms with Crippen LogP contribution in [0.5, 0.6) is 0 Å². The smallest absolute Gasteiger partial charge is 0.227 e. The van der Waals surface area contributed by atoms with Crippen molar-refractivity contribution in [2.24, 2.45) is 0 Å². The average Bonchev–Trinajstić information content (AvgIpc) is 2.68. The van der Waals surface area contributed by atoms with Crippen molar-refractivity contribution in [1.29, 1.82) is 0 Å². The van der Waals surface area contributed by atoms with Crippen molar-refractivity contribution in [2.75, 3.05) is 26.4 Å². The fourth-order valence-corrected chi connectivity index (χ4v) is 3.95. The van der Waals surface area contributed by atoms with Crippen molar-refractivity contribution < 1.29 is 4.79 Å². The summed E-state index contributed by atoms with van der Waals surface area (Å²) in [5.41, 5.74) is 2.24. The molecule has 0 bridgehead atoms. The maximum absolute atomic E-state index is 13.2. The van der Waals surface area contributed by atoms with Crippen LogP contribution in [0, 0.1) is 0 Å². The third-order valence-electron chi connectivity index (χ3n) is 5.04. The lowest BCUT2D eigenvalue weighted by atomic mass is 10.0. The van der Waals surface area contributed by atoms with Gasteiger partial charge in [0.05, 0.1) is 6.42 Å². The van der Waals surface area contributed by atoms with Gasteiger partial charge >= 0.3 is 0 Å². The number of nitrogens with zero attached hydrogens (tertiary/aromatic N) is 3. The van der Waals surface area contributed by atoms with Crippen molar-refractivity contribution in [3.8, 4) is 0 Å². The maximum Gasteiger partial charge on any atom is 0.227 e. The van der Waals surface area contributed by atoms with Gasteiger partial charge in [-0.05, 0) is 74.6 Å². The molecule has 2 aromatic rings. The van der Waals surface area contributed by atoms with E-state index in [2.05, 4.69) is 46.3 Å². The molecule has 0 aliphatic carbocycles. The molecule has 2 heterocycles. The Morgan fingerprint density at radius 2 is 1.92 bits per heavy atom.